The lowest BCUT2D eigenvalue weighted by atomic mass is 10.1. The first-order valence-corrected chi connectivity index (χ1v) is 11.7. The van der Waals surface area contributed by atoms with Crippen LogP contribution in [0, 0.1) is 26.2 Å². The van der Waals surface area contributed by atoms with Crippen molar-refractivity contribution >= 4 is 44.2 Å². The van der Waals surface area contributed by atoms with E-state index in [0.717, 1.165) is 10.9 Å². The van der Waals surface area contributed by atoms with Crippen LogP contribution in [0.5, 0.6) is 0 Å². The zero-order valence-electron chi connectivity index (χ0n) is 17.7. The molecule has 0 aliphatic carbocycles. The number of hydrogen-bond donors (Lipinski definition) is 2. The van der Waals surface area contributed by atoms with E-state index < -0.39 is 34.5 Å². The molecule has 0 aliphatic rings. The summed E-state index contributed by atoms with van der Waals surface area (Å²) in [7, 11) is -3.89. The average Bonchev–Trinajstić information content (AvgIpc) is 3.03. The third-order valence-electron chi connectivity index (χ3n) is 4.20. The average molecular weight is 479 g/mol. The van der Waals surface area contributed by atoms with Crippen LogP contribution in [0.1, 0.15) is 38.1 Å². The Kier molecular flexibility index (Phi) is 8.54. The fourth-order valence-electron chi connectivity index (χ4n) is 2.55. The number of amides is 1. The van der Waals surface area contributed by atoms with Crippen LogP contribution in [-0.2, 0) is 24.3 Å². The maximum Gasteiger partial charge on any atom is 0.341 e. The van der Waals surface area contributed by atoms with Crippen LogP contribution in [0.4, 0.5) is 5.00 Å². The van der Waals surface area contributed by atoms with E-state index in [0.29, 0.717) is 10.6 Å². The summed E-state index contributed by atoms with van der Waals surface area (Å²) >= 11 is 1.20. The van der Waals surface area contributed by atoms with Gasteiger partial charge >= 0.3 is 11.9 Å². The molecule has 2 aromatic rings. The second-order valence-electron chi connectivity index (χ2n) is 6.39. The number of thiophene rings is 1. The van der Waals surface area contributed by atoms with Gasteiger partial charge in [0.15, 0.2) is 6.61 Å². The predicted molar refractivity (Wildman–Crippen MR) is 119 cm³/mol. The van der Waals surface area contributed by atoms with E-state index in [2.05, 4.69) is 16.0 Å². The molecule has 0 saturated carbocycles. The van der Waals surface area contributed by atoms with Crippen molar-refractivity contribution in [3.05, 3.63) is 45.8 Å². The Hall–Kier alpha value is -3.20. The SMILES string of the molecule is C#CCNS(=O)(=O)c1cccc(C(=O)OCC(=O)Nc2sc(C)c(C)c2C(=O)OCC)c1. The minimum atomic E-state index is -3.89. The number of esters is 2. The van der Waals surface area contributed by atoms with Crippen LogP contribution in [0.15, 0.2) is 29.2 Å². The van der Waals surface area contributed by atoms with Crippen molar-refractivity contribution in [3.63, 3.8) is 0 Å². The smallest absolute Gasteiger partial charge is 0.341 e. The Balaban J connectivity index is 2.07. The molecule has 32 heavy (non-hydrogen) atoms. The molecule has 0 radical (unpaired) electrons. The Morgan fingerprint density at radius 1 is 1.16 bits per heavy atom. The lowest BCUT2D eigenvalue weighted by Crippen LogP contribution is -2.24. The van der Waals surface area contributed by atoms with Crippen molar-refractivity contribution in [1.82, 2.24) is 4.72 Å². The van der Waals surface area contributed by atoms with Crippen molar-refractivity contribution in [3.8, 4) is 12.3 Å². The number of sulfonamides is 1. The lowest BCUT2D eigenvalue weighted by molar-refractivity contribution is -0.119. The van der Waals surface area contributed by atoms with Gasteiger partial charge < -0.3 is 14.8 Å². The molecule has 11 heteroatoms. The van der Waals surface area contributed by atoms with Crippen molar-refractivity contribution in [2.75, 3.05) is 25.1 Å². The minimum Gasteiger partial charge on any atom is -0.462 e. The number of rotatable bonds is 9. The number of terminal acetylenes is 1. The quantitative estimate of drug-likeness (QED) is 0.418. The molecule has 2 rings (SSSR count). The number of carbonyl (C=O) groups is 3. The molecule has 0 fully saturated rings. The summed E-state index contributed by atoms with van der Waals surface area (Å²) in [5, 5.41) is 2.85. The highest BCUT2D eigenvalue weighted by atomic mass is 32.2. The lowest BCUT2D eigenvalue weighted by Gasteiger charge is -2.09. The molecule has 1 aromatic heterocycles. The number of nitrogens with one attached hydrogen (secondary N) is 2. The predicted octanol–water partition coefficient (Wildman–Crippen LogP) is 2.25. The van der Waals surface area contributed by atoms with Gasteiger partial charge in [0.25, 0.3) is 5.91 Å². The summed E-state index contributed by atoms with van der Waals surface area (Å²) in [6.45, 7) is 4.57. The number of anilines is 1. The highest BCUT2D eigenvalue weighted by Crippen LogP contribution is 2.33. The monoisotopic (exact) mass is 478 g/mol. The summed E-state index contributed by atoms with van der Waals surface area (Å²) in [5.41, 5.74) is 0.889. The molecular weight excluding hydrogens is 456 g/mol. The van der Waals surface area contributed by atoms with Crippen LogP contribution in [-0.4, -0.2) is 46.0 Å². The number of benzene rings is 1. The first kappa shape index (κ1) is 25.1. The molecule has 1 aromatic carbocycles. The maximum atomic E-state index is 12.3. The van der Waals surface area contributed by atoms with E-state index in [1.807, 2.05) is 0 Å². The van der Waals surface area contributed by atoms with Crippen molar-refractivity contribution in [2.45, 2.75) is 25.7 Å². The molecule has 0 bridgehead atoms. The first-order valence-electron chi connectivity index (χ1n) is 9.38. The number of carbonyl (C=O) groups excluding carboxylic acids is 3. The topological polar surface area (TPSA) is 128 Å². The van der Waals surface area contributed by atoms with E-state index in [-0.39, 0.29) is 29.2 Å². The van der Waals surface area contributed by atoms with Crippen LogP contribution in [0.3, 0.4) is 0 Å². The fourth-order valence-corrected chi connectivity index (χ4v) is 4.60. The van der Waals surface area contributed by atoms with Gasteiger partial charge in [0.05, 0.1) is 29.2 Å². The van der Waals surface area contributed by atoms with Gasteiger partial charge in [0, 0.05) is 4.88 Å². The molecule has 170 valence electrons. The van der Waals surface area contributed by atoms with Crippen LogP contribution in [0.25, 0.3) is 0 Å². The normalized spacial score (nSPS) is 10.8. The first-order chi connectivity index (χ1) is 15.1. The largest absolute Gasteiger partial charge is 0.462 e. The third-order valence-corrected chi connectivity index (χ3v) is 6.72. The Morgan fingerprint density at radius 3 is 2.53 bits per heavy atom. The fraction of sp³-hybridized carbons (Fsp3) is 0.286. The van der Waals surface area contributed by atoms with E-state index >= 15 is 0 Å². The van der Waals surface area contributed by atoms with E-state index in [1.165, 1.54) is 29.5 Å². The molecule has 0 saturated heterocycles. The third kappa shape index (κ3) is 6.16. The Morgan fingerprint density at radius 2 is 1.88 bits per heavy atom. The molecule has 2 N–H and O–H groups in total. The second-order valence-corrected chi connectivity index (χ2v) is 9.38. The van der Waals surface area contributed by atoms with Gasteiger partial charge in [-0.1, -0.05) is 12.0 Å². The molecule has 1 amide bonds. The number of aryl methyl sites for hydroxylation is 1. The van der Waals surface area contributed by atoms with Gasteiger partial charge in [-0.3, -0.25) is 4.79 Å². The zero-order valence-corrected chi connectivity index (χ0v) is 19.3. The molecular formula is C21H22N2O7S2. The Labute approximate surface area is 190 Å². The van der Waals surface area contributed by atoms with Crippen LogP contribution in [0.2, 0.25) is 0 Å². The van der Waals surface area contributed by atoms with Crippen molar-refractivity contribution in [1.29, 1.82) is 0 Å². The van der Waals surface area contributed by atoms with E-state index in [9.17, 15) is 22.8 Å². The highest BCUT2D eigenvalue weighted by Gasteiger charge is 2.23. The Bertz CT molecular complexity index is 1180. The van der Waals surface area contributed by atoms with Crippen LogP contribution < -0.4 is 10.0 Å². The highest BCUT2D eigenvalue weighted by molar-refractivity contribution is 7.89. The second kappa shape index (κ2) is 10.9. The molecule has 0 atom stereocenters. The summed E-state index contributed by atoms with van der Waals surface area (Å²) in [6.07, 6.45) is 5.05. The van der Waals surface area contributed by atoms with Gasteiger partial charge in [-0.2, -0.15) is 4.72 Å². The molecule has 0 aliphatic heterocycles. The number of ether oxygens (including phenoxy) is 2. The standard InChI is InChI=1S/C21H22N2O7S2/c1-5-10-22-32(27,28)16-9-7-8-15(11-16)20(25)30-12-17(24)23-19-18(21(26)29-6-2)13(3)14(4)31-19/h1,7-9,11,22H,6,10,12H2,2-4H3,(H,23,24). The van der Waals surface area contributed by atoms with Crippen molar-refractivity contribution in [2.24, 2.45) is 0 Å². The summed E-state index contributed by atoms with van der Waals surface area (Å²) < 4.78 is 36.5. The van der Waals surface area contributed by atoms with Gasteiger partial charge in [-0.05, 0) is 44.5 Å². The minimum absolute atomic E-state index is 0.0589. The van der Waals surface area contributed by atoms with Crippen LogP contribution >= 0.6 is 11.3 Å². The molecule has 1 heterocycles. The molecule has 0 spiro atoms. The summed E-state index contributed by atoms with van der Waals surface area (Å²) in [4.78, 5) is 37.4. The summed E-state index contributed by atoms with van der Waals surface area (Å²) in [5.74, 6) is 0.0418. The molecule has 9 nitrogen and oxygen atoms in total. The zero-order chi connectivity index (χ0) is 23.9. The van der Waals surface area contributed by atoms with Gasteiger partial charge in [0.2, 0.25) is 10.0 Å². The van der Waals surface area contributed by atoms with Gasteiger partial charge in [-0.25, -0.2) is 18.0 Å². The van der Waals surface area contributed by atoms with E-state index in [1.54, 1.807) is 20.8 Å². The number of hydrogen-bond acceptors (Lipinski definition) is 8. The maximum absolute atomic E-state index is 12.3. The van der Waals surface area contributed by atoms with E-state index in [4.69, 9.17) is 15.9 Å². The van der Waals surface area contributed by atoms with Gasteiger partial charge in [-0.15, -0.1) is 17.8 Å². The summed E-state index contributed by atoms with van der Waals surface area (Å²) in [6, 6.07) is 5.12. The van der Waals surface area contributed by atoms with Gasteiger partial charge in [0.1, 0.15) is 5.00 Å². The van der Waals surface area contributed by atoms with Crippen molar-refractivity contribution < 1.29 is 32.3 Å². The molecule has 0 unspecified atom stereocenters.